The summed E-state index contributed by atoms with van der Waals surface area (Å²) in [5.74, 6) is -5.60. The van der Waals surface area contributed by atoms with E-state index in [1.807, 2.05) is 0 Å². The highest BCUT2D eigenvalue weighted by atomic mass is 32.2. The Labute approximate surface area is 228 Å². The highest BCUT2D eigenvalue weighted by Gasteiger charge is 2.54. The van der Waals surface area contributed by atoms with Crippen LogP contribution < -0.4 is 11.1 Å². The summed E-state index contributed by atoms with van der Waals surface area (Å²) in [6.45, 7) is -1.35. The minimum Gasteiger partial charge on any atom is -0.480 e. The third kappa shape index (κ3) is 6.06. The molecule has 2 aromatic heterocycles. The highest BCUT2D eigenvalue weighted by Crippen LogP contribution is 2.41. The molecule has 22 heteroatoms. The van der Waals surface area contributed by atoms with Crippen LogP contribution in [0.15, 0.2) is 21.6 Å². The van der Waals surface area contributed by atoms with Crippen molar-refractivity contribution in [1.82, 2.24) is 39.8 Å². The molecule has 2 aliphatic rings. The number of nitrogens with one attached hydrogen (secondary N) is 1. The number of aliphatic carboxylic acids is 3. The second kappa shape index (κ2) is 11.6. The van der Waals surface area contributed by atoms with Crippen LogP contribution in [0.5, 0.6) is 0 Å². The summed E-state index contributed by atoms with van der Waals surface area (Å²) < 4.78 is 4.88. The Hall–Kier alpha value is -4.31. The number of hydrogen-bond donors (Lipinski definition) is 5. The Morgan fingerprint density at radius 2 is 2.00 bits per heavy atom. The van der Waals surface area contributed by atoms with Gasteiger partial charge in [-0.05, 0) is 16.0 Å². The Balaban J connectivity index is 1.48. The number of nitrogens with zero attached hydrogens (tertiary/aromatic N) is 8. The summed E-state index contributed by atoms with van der Waals surface area (Å²) in [5.41, 5.74) is 5.11. The van der Waals surface area contributed by atoms with Gasteiger partial charge in [-0.25, -0.2) is 14.3 Å². The van der Waals surface area contributed by atoms with E-state index in [2.05, 4.69) is 40.2 Å². The van der Waals surface area contributed by atoms with Crippen LogP contribution in [-0.4, -0.2) is 115 Å². The number of anilines is 1. The van der Waals surface area contributed by atoms with E-state index in [0.717, 1.165) is 32.9 Å². The molecule has 2 aromatic rings. The van der Waals surface area contributed by atoms with Gasteiger partial charge in [-0.3, -0.25) is 19.3 Å². The summed E-state index contributed by atoms with van der Waals surface area (Å²) in [6.07, 6.45) is 0. The van der Waals surface area contributed by atoms with Crippen molar-refractivity contribution in [2.24, 2.45) is 5.16 Å². The first-order chi connectivity index (χ1) is 18.6. The second-order valence-electron chi connectivity index (χ2n) is 7.48. The third-order valence-electron chi connectivity index (χ3n) is 4.91. The second-order valence-corrected chi connectivity index (χ2v) is 10.3. The lowest BCUT2D eigenvalue weighted by atomic mass is 10.0. The largest absolute Gasteiger partial charge is 0.480 e. The van der Waals surface area contributed by atoms with E-state index >= 15 is 0 Å². The van der Waals surface area contributed by atoms with E-state index in [9.17, 15) is 29.1 Å². The SMILES string of the molecule is Nc1nc(C(=NOCC(=O)O)C(=O)NC2C(=O)N3C(C(=O)O)=C(CSc4nnnn4CC(=O)O)CS[C@H]23)ns1. The van der Waals surface area contributed by atoms with E-state index in [1.165, 1.54) is 11.8 Å². The monoisotopic (exact) mass is 600 g/mol. The van der Waals surface area contributed by atoms with Crippen LogP contribution in [0.2, 0.25) is 0 Å². The molecule has 1 fully saturated rings. The number of tetrazole rings is 1. The van der Waals surface area contributed by atoms with Crippen LogP contribution in [0.25, 0.3) is 0 Å². The molecular weight excluding hydrogens is 584 g/mol. The minimum atomic E-state index is -1.37. The summed E-state index contributed by atoms with van der Waals surface area (Å²) in [5, 5.41) is 43.5. The Morgan fingerprint density at radius 1 is 1.23 bits per heavy atom. The number of aromatic nitrogens is 6. The molecule has 0 saturated carbocycles. The van der Waals surface area contributed by atoms with E-state index < -0.39 is 60.0 Å². The fourth-order valence-electron chi connectivity index (χ4n) is 3.35. The summed E-state index contributed by atoms with van der Waals surface area (Å²) in [7, 11) is 0. The maximum atomic E-state index is 13.0. The number of carboxylic acids is 3. The quantitative estimate of drug-likeness (QED) is 0.0730. The number of fused-ring (bicyclic) bond motifs is 1. The Bertz CT molecular complexity index is 1410. The average molecular weight is 601 g/mol. The topological polar surface area (TPSA) is 278 Å². The molecular formula is C17H16N10O9S3. The van der Waals surface area contributed by atoms with Crippen molar-refractivity contribution < 1.29 is 44.1 Å². The van der Waals surface area contributed by atoms with Crippen molar-refractivity contribution in [3.05, 3.63) is 17.1 Å². The summed E-state index contributed by atoms with van der Waals surface area (Å²) in [4.78, 5) is 69.1. The van der Waals surface area contributed by atoms with Gasteiger partial charge in [0.25, 0.3) is 11.8 Å². The zero-order valence-corrected chi connectivity index (χ0v) is 21.6. The maximum Gasteiger partial charge on any atom is 0.352 e. The van der Waals surface area contributed by atoms with Gasteiger partial charge in [0.05, 0.1) is 0 Å². The molecule has 2 atom stereocenters. The van der Waals surface area contributed by atoms with E-state index in [4.69, 9.17) is 15.9 Å². The van der Waals surface area contributed by atoms with Crippen LogP contribution in [0.3, 0.4) is 0 Å². The number of hydrogen-bond acceptors (Lipinski definition) is 16. The molecule has 6 N–H and O–H groups in total. The number of β-lactam (4-membered cyclic amide) rings is 1. The predicted molar refractivity (Wildman–Crippen MR) is 130 cm³/mol. The zero-order valence-electron chi connectivity index (χ0n) is 19.2. The van der Waals surface area contributed by atoms with Gasteiger partial charge >= 0.3 is 17.9 Å². The van der Waals surface area contributed by atoms with Crippen molar-refractivity contribution in [3.8, 4) is 0 Å². The average Bonchev–Trinajstić information content (AvgIpc) is 3.50. The van der Waals surface area contributed by atoms with Crippen molar-refractivity contribution in [2.45, 2.75) is 23.1 Å². The number of nitrogen functional groups attached to an aromatic ring is 1. The van der Waals surface area contributed by atoms with Crippen LogP contribution in [0.4, 0.5) is 5.13 Å². The molecule has 0 aliphatic carbocycles. The molecule has 2 aliphatic heterocycles. The van der Waals surface area contributed by atoms with Crippen molar-refractivity contribution >= 4 is 75.6 Å². The Kier molecular flexibility index (Phi) is 8.25. The van der Waals surface area contributed by atoms with Gasteiger partial charge in [0.1, 0.15) is 23.7 Å². The minimum absolute atomic E-state index is 0.00362. The van der Waals surface area contributed by atoms with Crippen molar-refractivity contribution in [2.75, 3.05) is 23.8 Å². The normalized spacial score (nSPS) is 18.8. The first-order valence-electron chi connectivity index (χ1n) is 10.4. The van der Waals surface area contributed by atoms with Crippen LogP contribution in [0.1, 0.15) is 5.82 Å². The lowest BCUT2D eigenvalue weighted by Gasteiger charge is -2.49. The fourth-order valence-corrected chi connectivity index (χ4v) is 6.15. The van der Waals surface area contributed by atoms with Gasteiger partial charge in [-0.1, -0.05) is 16.9 Å². The van der Waals surface area contributed by atoms with Gasteiger partial charge < -0.3 is 31.2 Å². The number of carbonyl (C=O) groups excluding carboxylic acids is 2. The molecule has 2 amide bonds. The number of rotatable bonds is 12. The molecule has 4 rings (SSSR count). The molecule has 1 saturated heterocycles. The number of thioether (sulfide) groups is 2. The molecule has 0 radical (unpaired) electrons. The van der Waals surface area contributed by atoms with Crippen LogP contribution in [0, 0.1) is 0 Å². The van der Waals surface area contributed by atoms with Crippen molar-refractivity contribution in [3.63, 3.8) is 0 Å². The maximum absolute atomic E-state index is 13.0. The summed E-state index contributed by atoms with van der Waals surface area (Å²) in [6, 6.07) is -1.14. The number of carbonyl (C=O) groups is 5. The zero-order chi connectivity index (χ0) is 28.3. The first kappa shape index (κ1) is 27.7. The number of oxime groups is 1. The first-order valence-corrected chi connectivity index (χ1v) is 13.2. The number of nitrogens with two attached hydrogens (primary N) is 1. The molecule has 0 spiro atoms. The Morgan fingerprint density at radius 3 is 2.64 bits per heavy atom. The molecule has 4 heterocycles. The van der Waals surface area contributed by atoms with Gasteiger partial charge in [0, 0.05) is 23.0 Å². The van der Waals surface area contributed by atoms with Crippen LogP contribution >= 0.6 is 35.1 Å². The molecule has 1 unspecified atom stereocenters. The molecule has 39 heavy (non-hydrogen) atoms. The molecule has 0 bridgehead atoms. The smallest absolute Gasteiger partial charge is 0.352 e. The predicted octanol–water partition coefficient (Wildman–Crippen LogP) is -2.47. The molecule has 206 valence electrons. The van der Waals surface area contributed by atoms with Gasteiger partial charge in [-0.2, -0.15) is 9.36 Å². The van der Waals surface area contributed by atoms with Crippen molar-refractivity contribution in [1.29, 1.82) is 0 Å². The fraction of sp³-hybridized carbons (Fsp3) is 0.353. The summed E-state index contributed by atoms with van der Waals surface area (Å²) >= 11 is 2.94. The highest BCUT2D eigenvalue weighted by molar-refractivity contribution is 8.01. The van der Waals surface area contributed by atoms with Gasteiger partial charge in [-0.15, -0.1) is 16.9 Å². The van der Waals surface area contributed by atoms with Crippen LogP contribution in [-0.2, 0) is 35.4 Å². The lowest BCUT2D eigenvalue weighted by Crippen LogP contribution is -2.71. The lowest BCUT2D eigenvalue weighted by molar-refractivity contribution is -0.150. The molecule has 19 nitrogen and oxygen atoms in total. The molecule has 0 aromatic carbocycles. The van der Waals surface area contributed by atoms with E-state index in [1.54, 1.807) is 0 Å². The van der Waals surface area contributed by atoms with Gasteiger partial charge in [0.15, 0.2) is 5.13 Å². The number of amides is 2. The van der Waals surface area contributed by atoms with E-state index in [0.29, 0.717) is 5.57 Å². The van der Waals surface area contributed by atoms with Gasteiger partial charge in [0.2, 0.25) is 23.3 Å². The standard InChI is InChI=1S/C17H16N10O9S3/c18-16-20-11(23-39-16)8(22-36-2-7(30)31)12(32)19-9-13(33)27-10(15(34)35)5(3-37-14(9)27)4-38-17-21-24-25-26(17)1-6(28)29/h9,14H,1-4H2,(H,19,32)(H,28,29)(H,30,31)(H,34,35)(H2,18,20,23)/t9?,14-/m1/s1. The number of carboxylic acid groups (broad SMARTS) is 3. The third-order valence-corrected chi connectivity index (χ3v) is 7.83. The van der Waals surface area contributed by atoms with E-state index in [-0.39, 0.29) is 33.3 Å².